The molecule has 0 spiro atoms. The van der Waals surface area contributed by atoms with Gasteiger partial charge in [-0.3, -0.25) is 15.1 Å². The summed E-state index contributed by atoms with van der Waals surface area (Å²) in [6.07, 6.45) is 5.21. The third-order valence-electron chi connectivity index (χ3n) is 5.15. The number of para-hydroxylation sites is 2. The number of amides is 1. The van der Waals surface area contributed by atoms with Gasteiger partial charge in [-0.25, -0.2) is 9.50 Å². The molecule has 8 nitrogen and oxygen atoms in total. The number of anilines is 1. The summed E-state index contributed by atoms with van der Waals surface area (Å²) < 4.78 is 3.59. The van der Waals surface area contributed by atoms with Crippen LogP contribution in [-0.2, 0) is 6.54 Å². The van der Waals surface area contributed by atoms with Crippen LogP contribution in [0.1, 0.15) is 24.2 Å². The number of nitrogens with zero attached hydrogens (tertiary/aromatic N) is 5. The van der Waals surface area contributed by atoms with Gasteiger partial charge in [0.05, 0.1) is 40.6 Å². The molecule has 160 valence electrons. The van der Waals surface area contributed by atoms with Gasteiger partial charge in [-0.05, 0) is 50.2 Å². The number of carbonyl (C=O) groups is 1. The lowest BCUT2D eigenvalue weighted by molar-refractivity contribution is 0.0630. The lowest BCUT2D eigenvalue weighted by Crippen LogP contribution is -2.27. The monoisotopic (exact) mass is 426 g/mol. The average Bonchev–Trinajstić information content (AvgIpc) is 3.35. The number of aliphatic hydroxyl groups is 1. The standard InChI is InChI=1S/C24H22N6O2/c1-24(2,32)15-29-21-9-4-3-7-18(21)27-23(29)28-22(31)16-10-11-25-19(13-16)17-14-26-30-12-6-5-8-20(17)30/h3-14,32H,15H2,1-2H3,(H,27,28,31). The first-order valence-corrected chi connectivity index (χ1v) is 10.3. The molecule has 0 bridgehead atoms. The van der Waals surface area contributed by atoms with Crippen LogP contribution in [-0.4, -0.2) is 40.8 Å². The zero-order chi connectivity index (χ0) is 22.3. The molecule has 0 aliphatic heterocycles. The van der Waals surface area contributed by atoms with E-state index in [0.717, 1.165) is 22.1 Å². The summed E-state index contributed by atoms with van der Waals surface area (Å²) in [5.41, 5.74) is 3.46. The Balaban J connectivity index is 1.49. The van der Waals surface area contributed by atoms with E-state index < -0.39 is 5.60 Å². The van der Waals surface area contributed by atoms with Crippen molar-refractivity contribution in [2.24, 2.45) is 0 Å². The van der Waals surface area contributed by atoms with Gasteiger partial charge in [-0.1, -0.05) is 18.2 Å². The maximum atomic E-state index is 13.1. The fraction of sp³-hybridized carbons (Fsp3) is 0.167. The molecule has 4 heterocycles. The van der Waals surface area contributed by atoms with E-state index in [1.807, 2.05) is 53.2 Å². The summed E-state index contributed by atoms with van der Waals surface area (Å²) in [5, 5.41) is 17.6. The summed E-state index contributed by atoms with van der Waals surface area (Å²) in [4.78, 5) is 22.1. The van der Waals surface area contributed by atoms with Crippen LogP contribution < -0.4 is 5.32 Å². The van der Waals surface area contributed by atoms with Crippen molar-refractivity contribution in [2.75, 3.05) is 5.32 Å². The SMILES string of the molecule is CC(C)(O)Cn1c(NC(=O)c2ccnc(-c3cnn4ccccc34)c2)nc2ccccc21. The Labute approximate surface area is 184 Å². The normalized spacial score (nSPS) is 11.8. The lowest BCUT2D eigenvalue weighted by Gasteiger charge is -2.20. The average molecular weight is 426 g/mol. The van der Waals surface area contributed by atoms with Crippen LogP contribution in [0.3, 0.4) is 0 Å². The van der Waals surface area contributed by atoms with Crippen LogP contribution in [0.5, 0.6) is 0 Å². The second kappa shape index (κ2) is 7.58. The predicted molar refractivity (Wildman–Crippen MR) is 122 cm³/mol. The van der Waals surface area contributed by atoms with Gasteiger partial charge >= 0.3 is 0 Å². The molecule has 0 saturated heterocycles. The Hall–Kier alpha value is -4.04. The van der Waals surface area contributed by atoms with Crippen LogP contribution in [0.15, 0.2) is 73.2 Å². The molecule has 32 heavy (non-hydrogen) atoms. The number of benzene rings is 1. The minimum Gasteiger partial charge on any atom is -0.389 e. The molecule has 4 aromatic heterocycles. The third kappa shape index (κ3) is 3.72. The third-order valence-corrected chi connectivity index (χ3v) is 5.15. The second-order valence-electron chi connectivity index (χ2n) is 8.30. The molecule has 0 aliphatic carbocycles. The summed E-state index contributed by atoms with van der Waals surface area (Å²) in [7, 11) is 0. The molecule has 0 aliphatic rings. The number of rotatable bonds is 5. The quantitative estimate of drug-likeness (QED) is 0.446. The van der Waals surface area contributed by atoms with Crippen molar-refractivity contribution in [3.05, 3.63) is 78.8 Å². The highest BCUT2D eigenvalue weighted by Crippen LogP contribution is 2.25. The summed E-state index contributed by atoms with van der Waals surface area (Å²) in [6.45, 7) is 3.73. The van der Waals surface area contributed by atoms with E-state index in [-0.39, 0.29) is 12.5 Å². The Morgan fingerprint density at radius 3 is 2.72 bits per heavy atom. The molecule has 2 N–H and O–H groups in total. The van der Waals surface area contributed by atoms with Crippen LogP contribution in [0, 0.1) is 0 Å². The van der Waals surface area contributed by atoms with Gasteiger partial charge in [0.15, 0.2) is 0 Å². The van der Waals surface area contributed by atoms with E-state index in [9.17, 15) is 9.90 Å². The smallest absolute Gasteiger partial charge is 0.258 e. The first kappa shape index (κ1) is 19.9. The van der Waals surface area contributed by atoms with Crippen LogP contribution in [0.2, 0.25) is 0 Å². The maximum absolute atomic E-state index is 13.1. The molecule has 1 amide bonds. The fourth-order valence-corrected chi connectivity index (χ4v) is 3.74. The van der Waals surface area contributed by atoms with Crippen LogP contribution in [0.25, 0.3) is 27.8 Å². The van der Waals surface area contributed by atoms with Gasteiger partial charge in [0.2, 0.25) is 5.95 Å². The van der Waals surface area contributed by atoms with Crippen molar-refractivity contribution in [3.8, 4) is 11.3 Å². The Kier molecular flexibility index (Phi) is 4.71. The van der Waals surface area contributed by atoms with Crippen molar-refractivity contribution in [2.45, 2.75) is 26.0 Å². The summed E-state index contributed by atoms with van der Waals surface area (Å²) >= 11 is 0. The van der Waals surface area contributed by atoms with Crippen LogP contribution >= 0.6 is 0 Å². The molecule has 5 rings (SSSR count). The number of hydrogen-bond acceptors (Lipinski definition) is 5. The minimum atomic E-state index is -0.976. The largest absolute Gasteiger partial charge is 0.389 e. The number of fused-ring (bicyclic) bond motifs is 2. The van der Waals surface area contributed by atoms with E-state index in [0.29, 0.717) is 17.2 Å². The molecule has 0 saturated carbocycles. The van der Waals surface area contributed by atoms with Crippen molar-refractivity contribution >= 4 is 28.4 Å². The van der Waals surface area contributed by atoms with Crippen molar-refractivity contribution < 1.29 is 9.90 Å². The van der Waals surface area contributed by atoms with Gasteiger partial charge in [0.25, 0.3) is 5.91 Å². The molecular formula is C24H22N6O2. The Morgan fingerprint density at radius 2 is 1.88 bits per heavy atom. The van der Waals surface area contributed by atoms with Crippen molar-refractivity contribution in [1.82, 2.24) is 24.1 Å². The zero-order valence-electron chi connectivity index (χ0n) is 17.7. The molecule has 1 aromatic carbocycles. The van der Waals surface area contributed by atoms with E-state index in [1.54, 1.807) is 42.9 Å². The summed E-state index contributed by atoms with van der Waals surface area (Å²) in [5.74, 6) is 0.0742. The Morgan fingerprint density at radius 1 is 1.09 bits per heavy atom. The topological polar surface area (TPSA) is 97.3 Å². The zero-order valence-corrected chi connectivity index (χ0v) is 17.7. The van der Waals surface area contributed by atoms with Crippen molar-refractivity contribution in [1.29, 1.82) is 0 Å². The van der Waals surface area contributed by atoms with Gasteiger partial charge in [0.1, 0.15) is 0 Å². The highest BCUT2D eigenvalue weighted by molar-refractivity contribution is 6.04. The number of hydrogen-bond donors (Lipinski definition) is 2. The Bertz CT molecular complexity index is 1440. The van der Waals surface area contributed by atoms with Gasteiger partial charge < -0.3 is 9.67 Å². The van der Waals surface area contributed by atoms with Gasteiger partial charge in [-0.2, -0.15) is 5.10 Å². The van der Waals surface area contributed by atoms with Crippen LogP contribution in [0.4, 0.5) is 5.95 Å². The number of pyridine rings is 2. The molecule has 0 fully saturated rings. The second-order valence-corrected chi connectivity index (χ2v) is 8.30. The van der Waals surface area contributed by atoms with Crippen molar-refractivity contribution in [3.63, 3.8) is 0 Å². The fourth-order valence-electron chi connectivity index (χ4n) is 3.74. The first-order valence-electron chi connectivity index (χ1n) is 10.3. The number of aromatic nitrogens is 5. The molecule has 0 unspecified atom stereocenters. The number of nitrogens with one attached hydrogen (secondary N) is 1. The van der Waals surface area contributed by atoms with E-state index in [1.165, 1.54) is 0 Å². The maximum Gasteiger partial charge on any atom is 0.258 e. The highest BCUT2D eigenvalue weighted by atomic mass is 16.3. The van der Waals surface area contributed by atoms with E-state index in [2.05, 4.69) is 20.4 Å². The van der Waals surface area contributed by atoms with E-state index in [4.69, 9.17) is 0 Å². The summed E-state index contributed by atoms with van der Waals surface area (Å²) in [6, 6.07) is 16.8. The minimum absolute atomic E-state index is 0.285. The number of carbonyl (C=O) groups excluding carboxylic acids is 1. The predicted octanol–water partition coefficient (Wildman–Crippen LogP) is 3.77. The van der Waals surface area contributed by atoms with E-state index >= 15 is 0 Å². The molecule has 0 atom stereocenters. The molecular weight excluding hydrogens is 404 g/mol. The van der Waals surface area contributed by atoms with Gasteiger partial charge in [-0.15, -0.1) is 0 Å². The molecule has 5 aromatic rings. The first-order chi connectivity index (χ1) is 15.4. The lowest BCUT2D eigenvalue weighted by atomic mass is 10.1. The van der Waals surface area contributed by atoms with Gasteiger partial charge in [0, 0.05) is 23.5 Å². The molecule has 8 heteroatoms. The highest BCUT2D eigenvalue weighted by Gasteiger charge is 2.21. The number of imidazole rings is 1. The molecule has 0 radical (unpaired) electrons.